The molecular weight excluding hydrogens is 246 g/mol. The molecule has 0 atom stereocenters. The van der Waals surface area contributed by atoms with Gasteiger partial charge in [0.25, 0.3) is 0 Å². The number of ether oxygens (including phenoxy) is 1. The van der Waals surface area contributed by atoms with Gasteiger partial charge in [0.1, 0.15) is 0 Å². The Balaban J connectivity index is 2.12. The fourth-order valence-electron chi connectivity index (χ4n) is 2.79. The van der Waals surface area contributed by atoms with E-state index in [0.29, 0.717) is 11.1 Å². The molecule has 0 aliphatic heterocycles. The van der Waals surface area contributed by atoms with Gasteiger partial charge in [-0.2, -0.15) is 0 Å². The highest BCUT2D eigenvalue weighted by molar-refractivity contribution is 5.93. The van der Waals surface area contributed by atoms with Crippen molar-refractivity contribution >= 4 is 17.1 Å². The molecule has 5 heteroatoms. The Hall–Kier alpha value is -2.04. The number of carbonyl (C=O) groups is 1. The summed E-state index contributed by atoms with van der Waals surface area (Å²) in [4.78, 5) is 23.4. The van der Waals surface area contributed by atoms with E-state index in [1.54, 1.807) is 22.8 Å². The van der Waals surface area contributed by atoms with E-state index in [-0.39, 0.29) is 11.8 Å². The number of nitrogens with zero attached hydrogens (tertiary/aromatic N) is 1. The van der Waals surface area contributed by atoms with E-state index < -0.39 is 5.97 Å². The number of benzene rings is 1. The molecule has 0 amide bonds. The van der Waals surface area contributed by atoms with Crippen molar-refractivity contribution in [1.82, 2.24) is 4.57 Å². The summed E-state index contributed by atoms with van der Waals surface area (Å²) in [7, 11) is 1.33. The quantitative estimate of drug-likeness (QED) is 0.779. The molecule has 1 aliphatic rings. The topological polar surface area (TPSA) is 61.4 Å². The van der Waals surface area contributed by atoms with Crippen LogP contribution in [0.25, 0.3) is 11.1 Å². The second-order valence-corrected chi connectivity index (χ2v) is 4.85. The summed E-state index contributed by atoms with van der Waals surface area (Å²) < 4.78 is 11.6. The maximum Gasteiger partial charge on any atom is 0.420 e. The highest BCUT2D eigenvalue weighted by Crippen LogP contribution is 2.31. The third-order valence-corrected chi connectivity index (χ3v) is 3.72. The molecular formula is C14H15NO4. The van der Waals surface area contributed by atoms with Gasteiger partial charge in [-0.15, -0.1) is 0 Å². The van der Waals surface area contributed by atoms with Crippen LogP contribution in [0, 0.1) is 0 Å². The molecule has 0 saturated heterocycles. The molecule has 1 aliphatic carbocycles. The molecule has 1 aromatic heterocycles. The lowest BCUT2D eigenvalue weighted by molar-refractivity contribution is 0.0601. The van der Waals surface area contributed by atoms with Gasteiger partial charge in [-0.3, -0.25) is 4.57 Å². The first-order valence-corrected chi connectivity index (χ1v) is 6.44. The Kier molecular flexibility index (Phi) is 2.89. The second-order valence-electron chi connectivity index (χ2n) is 4.85. The van der Waals surface area contributed by atoms with E-state index >= 15 is 0 Å². The first kappa shape index (κ1) is 12.0. The molecule has 0 radical (unpaired) electrons. The lowest BCUT2D eigenvalue weighted by atomic mass is 10.2. The Morgan fingerprint density at radius 1 is 1.37 bits per heavy atom. The average molecular weight is 261 g/mol. The van der Waals surface area contributed by atoms with Crippen LogP contribution in [0.1, 0.15) is 42.1 Å². The van der Waals surface area contributed by atoms with Gasteiger partial charge in [-0.1, -0.05) is 12.8 Å². The minimum absolute atomic E-state index is 0.220. The molecule has 0 bridgehead atoms. The Bertz CT molecular complexity index is 676. The van der Waals surface area contributed by atoms with Crippen LogP contribution in [0.2, 0.25) is 0 Å². The number of oxazole rings is 1. The third-order valence-electron chi connectivity index (χ3n) is 3.72. The van der Waals surface area contributed by atoms with Gasteiger partial charge in [-0.25, -0.2) is 9.59 Å². The third kappa shape index (κ3) is 1.95. The summed E-state index contributed by atoms with van der Waals surface area (Å²) in [5.41, 5.74) is 1.59. The number of hydrogen-bond donors (Lipinski definition) is 0. The van der Waals surface area contributed by atoms with Gasteiger partial charge < -0.3 is 9.15 Å². The molecule has 1 saturated carbocycles. The van der Waals surface area contributed by atoms with Gasteiger partial charge in [0.15, 0.2) is 5.58 Å². The van der Waals surface area contributed by atoms with Crippen LogP contribution in [0.15, 0.2) is 27.4 Å². The van der Waals surface area contributed by atoms with E-state index in [1.807, 2.05) is 0 Å². The lowest BCUT2D eigenvalue weighted by Gasteiger charge is -2.09. The summed E-state index contributed by atoms with van der Waals surface area (Å²) in [6.07, 6.45) is 4.30. The second kappa shape index (κ2) is 4.57. The molecule has 0 spiro atoms. The zero-order valence-electron chi connectivity index (χ0n) is 10.7. The Morgan fingerprint density at radius 3 is 2.79 bits per heavy atom. The first-order valence-electron chi connectivity index (χ1n) is 6.44. The standard InChI is InChI=1S/C14H15NO4/c1-18-13(16)9-6-7-11-12(8-9)19-14(17)15(11)10-4-2-3-5-10/h6-8,10H,2-5H2,1H3. The highest BCUT2D eigenvalue weighted by Gasteiger charge is 2.22. The van der Waals surface area contributed by atoms with Crippen LogP contribution in [0.5, 0.6) is 0 Å². The summed E-state index contributed by atoms with van der Waals surface area (Å²) >= 11 is 0. The molecule has 0 N–H and O–H groups in total. The van der Waals surface area contributed by atoms with Gasteiger partial charge >= 0.3 is 11.7 Å². The van der Waals surface area contributed by atoms with E-state index in [9.17, 15) is 9.59 Å². The monoisotopic (exact) mass is 261 g/mol. The predicted molar refractivity (Wildman–Crippen MR) is 69.3 cm³/mol. The van der Waals surface area contributed by atoms with Crippen molar-refractivity contribution in [3.8, 4) is 0 Å². The number of methoxy groups -OCH3 is 1. The van der Waals surface area contributed by atoms with Crippen molar-refractivity contribution in [3.05, 3.63) is 34.3 Å². The summed E-state index contributed by atoms with van der Waals surface area (Å²) in [6.45, 7) is 0. The van der Waals surface area contributed by atoms with Crippen LogP contribution in [-0.2, 0) is 4.74 Å². The predicted octanol–water partition coefficient (Wildman–Crippen LogP) is 2.50. The fraction of sp³-hybridized carbons (Fsp3) is 0.429. The number of hydrogen-bond acceptors (Lipinski definition) is 4. The van der Waals surface area contributed by atoms with Crippen molar-refractivity contribution in [2.45, 2.75) is 31.7 Å². The Morgan fingerprint density at radius 2 is 2.11 bits per heavy atom. The lowest BCUT2D eigenvalue weighted by Crippen LogP contribution is -2.18. The molecule has 19 heavy (non-hydrogen) atoms. The SMILES string of the molecule is COC(=O)c1ccc2c(c1)oc(=O)n2C1CCCC1. The van der Waals surface area contributed by atoms with Crippen LogP contribution in [-0.4, -0.2) is 17.6 Å². The first-order chi connectivity index (χ1) is 9.20. The van der Waals surface area contributed by atoms with E-state index in [1.165, 1.54) is 7.11 Å². The fourth-order valence-corrected chi connectivity index (χ4v) is 2.79. The zero-order chi connectivity index (χ0) is 13.4. The van der Waals surface area contributed by atoms with Gasteiger partial charge in [0.2, 0.25) is 0 Å². The minimum atomic E-state index is -0.432. The molecule has 100 valence electrons. The molecule has 1 aromatic carbocycles. The van der Waals surface area contributed by atoms with Crippen molar-refractivity contribution in [3.63, 3.8) is 0 Å². The summed E-state index contributed by atoms with van der Waals surface area (Å²) in [6, 6.07) is 5.20. The number of carbonyl (C=O) groups excluding carboxylic acids is 1. The largest absolute Gasteiger partial charge is 0.465 e. The number of fused-ring (bicyclic) bond motifs is 1. The summed E-state index contributed by atoms with van der Waals surface area (Å²) in [5.74, 6) is -0.776. The van der Waals surface area contributed by atoms with Gasteiger partial charge in [0, 0.05) is 6.04 Å². The van der Waals surface area contributed by atoms with Crippen LogP contribution < -0.4 is 5.76 Å². The maximum atomic E-state index is 12.0. The van der Waals surface area contributed by atoms with Crippen molar-refractivity contribution in [2.24, 2.45) is 0 Å². The molecule has 1 fully saturated rings. The van der Waals surface area contributed by atoms with Crippen molar-refractivity contribution < 1.29 is 13.9 Å². The molecule has 2 aromatic rings. The highest BCUT2D eigenvalue weighted by atomic mass is 16.5. The number of esters is 1. The molecule has 1 heterocycles. The number of aromatic nitrogens is 1. The number of rotatable bonds is 2. The van der Waals surface area contributed by atoms with E-state index in [2.05, 4.69) is 4.74 Å². The van der Waals surface area contributed by atoms with Crippen molar-refractivity contribution in [2.75, 3.05) is 7.11 Å². The molecule has 5 nitrogen and oxygen atoms in total. The minimum Gasteiger partial charge on any atom is -0.465 e. The summed E-state index contributed by atoms with van der Waals surface area (Å²) in [5, 5.41) is 0. The van der Waals surface area contributed by atoms with Crippen LogP contribution in [0.4, 0.5) is 0 Å². The van der Waals surface area contributed by atoms with E-state index in [0.717, 1.165) is 31.2 Å². The Labute approximate surface area is 109 Å². The average Bonchev–Trinajstić information content (AvgIpc) is 3.02. The zero-order valence-corrected chi connectivity index (χ0v) is 10.7. The maximum absolute atomic E-state index is 12.0. The molecule has 3 rings (SSSR count). The smallest absolute Gasteiger partial charge is 0.420 e. The van der Waals surface area contributed by atoms with Gasteiger partial charge in [0.05, 0.1) is 18.2 Å². The molecule has 0 unspecified atom stereocenters. The van der Waals surface area contributed by atoms with Crippen molar-refractivity contribution in [1.29, 1.82) is 0 Å². The van der Waals surface area contributed by atoms with Crippen LogP contribution in [0.3, 0.4) is 0 Å². The van der Waals surface area contributed by atoms with Crippen LogP contribution >= 0.6 is 0 Å². The normalized spacial score (nSPS) is 16.1. The van der Waals surface area contributed by atoms with E-state index in [4.69, 9.17) is 4.42 Å². The van der Waals surface area contributed by atoms with Gasteiger partial charge in [-0.05, 0) is 31.0 Å².